The van der Waals surface area contributed by atoms with Crippen molar-refractivity contribution in [3.63, 3.8) is 0 Å². The summed E-state index contributed by atoms with van der Waals surface area (Å²) in [5.74, 6) is 0. The summed E-state index contributed by atoms with van der Waals surface area (Å²) in [4.78, 5) is 8.07. The molecule has 0 saturated carbocycles. The third-order valence-electron chi connectivity index (χ3n) is 1.69. The maximum Gasteiger partial charge on any atom is 0.132 e. The Balaban J connectivity index is 2.36. The molecule has 2 aromatic rings. The molecule has 2 rings (SSSR count). The number of rotatable bonds is 2. The molecule has 0 N–H and O–H groups in total. The minimum atomic E-state index is 0.752. The molecule has 0 atom stereocenters. The highest BCUT2D eigenvalue weighted by Gasteiger charge is 2.02. The fraction of sp³-hybridized carbons (Fsp3) is 0.250. The van der Waals surface area contributed by atoms with Crippen LogP contribution in [0.25, 0.3) is 11.4 Å². The summed E-state index contributed by atoms with van der Waals surface area (Å²) in [6.07, 6.45) is 6.79. The van der Waals surface area contributed by atoms with Gasteiger partial charge in [-0.1, -0.05) is 5.21 Å². The normalized spacial score (nSPS) is 10.2. The van der Waals surface area contributed by atoms with Crippen LogP contribution in [0.15, 0.2) is 24.8 Å². The summed E-state index contributed by atoms with van der Waals surface area (Å²) >= 11 is 0. The molecule has 5 nitrogen and oxygen atoms in total. The zero-order valence-corrected chi connectivity index (χ0v) is 7.25. The topological polar surface area (TPSA) is 56.5 Å². The summed E-state index contributed by atoms with van der Waals surface area (Å²) in [5, 5.41) is 7.88. The van der Waals surface area contributed by atoms with Crippen molar-refractivity contribution in [2.24, 2.45) is 0 Å². The van der Waals surface area contributed by atoms with Crippen LogP contribution in [0.2, 0.25) is 0 Å². The summed E-state index contributed by atoms with van der Waals surface area (Å²) in [6, 6.07) is 0. The largest absolute Gasteiger partial charge is 0.261 e. The van der Waals surface area contributed by atoms with Gasteiger partial charge in [-0.25, -0.2) is 0 Å². The molecule has 0 aromatic carbocycles. The highest BCUT2D eigenvalue weighted by molar-refractivity contribution is 5.49. The minimum Gasteiger partial charge on any atom is -0.261 e. The van der Waals surface area contributed by atoms with Crippen LogP contribution in [0.5, 0.6) is 0 Å². The fourth-order valence-corrected chi connectivity index (χ4v) is 1.00. The minimum absolute atomic E-state index is 0.752. The summed E-state index contributed by atoms with van der Waals surface area (Å²) in [6.45, 7) is 2.82. The molecule has 13 heavy (non-hydrogen) atoms. The highest BCUT2D eigenvalue weighted by Crippen LogP contribution is 2.09. The molecular weight excluding hydrogens is 166 g/mol. The van der Waals surface area contributed by atoms with E-state index in [2.05, 4.69) is 20.3 Å². The average Bonchev–Trinajstić information content (AvgIpc) is 2.67. The van der Waals surface area contributed by atoms with Gasteiger partial charge >= 0.3 is 0 Å². The molecule has 0 aliphatic carbocycles. The van der Waals surface area contributed by atoms with Gasteiger partial charge in [0, 0.05) is 18.9 Å². The molecule has 0 bridgehead atoms. The van der Waals surface area contributed by atoms with Crippen LogP contribution >= 0.6 is 0 Å². The van der Waals surface area contributed by atoms with E-state index in [9.17, 15) is 0 Å². The molecule has 0 saturated heterocycles. The first-order chi connectivity index (χ1) is 6.40. The Hall–Kier alpha value is -1.78. The second-order valence-corrected chi connectivity index (χ2v) is 2.55. The van der Waals surface area contributed by atoms with Gasteiger partial charge in [0.05, 0.1) is 12.4 Å². The second kappa shape index (κ2) is 3.30. The Bertz CT molecular complexity index is 380. The molecule has 0 amide bonds. The fourth-order valence-electron chi connectivity index (χ4n) is 1.00. The van der Waals surface area contributed by atoms with E-state index in [1.165, 1.54) is 0 Å². The van der Waals surface area contributed by atoms with Crippen LogP contribution in [0.1, 0.15) is 6.92 Å². The lowest BCUT2D eigenvalue weighted by molar-refractivity contribution is 0.627. The van der Waals surface area contributed by atoms with Gasteiger partial charge in [0.15, 0.2) is 0 Å². The van der Waals surface area contributed by atoms with Crippen molar-refractivity contribution in [1.82, 2.24) is 25.0 Å². The van der Waals surface area contributed by atoms with Crippen molar-refractivity contribution in [2.45, 2.75) is 13.5 Å². The van der Waals surface area contributed by atoms with E-state index in [0.29, 0.717) is 0 Å². The first-order valence-corrected chi connectivity index (χ1v) is 4.06. The lowest BCUT2D eigenvalue weighted by Gasteiger charge is -1.90. The van der Waals surface area contributed by atoms with Gasteiger partial charge in [0.25, 0.3) is 0 Å². The van der Waals surface area contributed by atoms with Crippen molar-refractivity contribution in [3.8, 4) is 11.4 Å². The first-order valence-electron chi connectivity index (χ1n) is 4.06. The van der Waals surface area contributed by atoms with Gasteiger partial charge in [-0.3, -0.25) is 14.6 Å². The zero-order valence-electron chi connectivity index (χ0n) is 7.25. The maximum atomic E-state index is 4.12. The van der Waals surface area contributed by atoms with Crippen LogP contribution in [-0.4, -0.2) is 25.0 Å². The van der Waals surface area contributed by atoms with Gasteiger partial charge in [-0.05, 0) is 6.92 Å². The lowest BCUT2D eigenvalue weighted by Crippen LogP contribution is -1.93. The molecule has 0 radical (unpaired) electrons. The monoisotopic (exact) mass is 175 g/mol. The Kier molecular flexibility index (Phi) is 1.99. The van der Waals surface area contributed by atoms with Crippen LogP contribution in [-0.2, 0) is 6.54 Å². The van der Waals surface area contributed by atoms with Crippen molar-refractivity contribution in [3.05, 3.63) is 24.8 Å². The summed E-state index contributed by atoms with van der Waals surface area (Å²) in [5.41, 5.74) is 1.51. The predicted octanol–water partition coefficient (Wildman–Crippen LogP) is 0.755. The molecule has 0 spiro atoms. The first kappa shape index (κ1) is 7.85. The highest BCUT2D eigenvalue weighted by atomic mass is 15.4. The Morgan fingerprint density at radius 3 is 2.85 bits per heavy atom. The van der Waals surface area contributed by atoms with Crippen molar-refractivity contribution < 1.29 is 0 Å². The summed E-state index contributed by atoms with van der Waals surface area (Å²) < 4.78 is 1.75. The number of aryl methyl sites for hydroxylation is 1. The standard InChI is InChI=1S/C8H9N5/c1-2-13-6-8(11-12-13)7-5-9-3-4-10-7/h3-6H,2H2,1H3. The molecule has 0 aliphatic rings. The zero-order chi connectivity index (χ0) is 9.10. The lowest BCUT2D eigenvalue weighted by atomic mass is 10.3. The maximum absolute atomic E-state index is 4.12. The van der Waals surface area contributed by atoms with Crippen molar-refractivity contribution >= 4 is 0 Å². The van der Waals surface area contributed by atoms with E-state index in [1.807, 2.05) is 13.1 Å². The van der Waals surface area contributed by atoms with Crippen LogP contribution in [0, 0.1) is 0 Å². The second-order valence-electron chi connectivity index (χ2n) is 2.55. The Morgan fingerprint density at radius 2 is 2.23 bits per heavy atom. The van der Waals surface area contributed by atoms with E-state index in [4.69, 9.17) is 0 Å². The van der Waals surface area contributed by atoms with Crippen LogP contribution in [0.4, 0.5) is 0 Å². The molecule has 0 aliphatic heterocycles. The quantitative estimate of drug-likeness (QED) is 0.676. The Morgan fingerprint density at radius 1 is 1.31 bits per heavy atom. The molecule has 5 heteroatoms. The van der Waals surface area contributed by atoms with E-state index < -0.39 is 0 Å². The molecular formula is C8H9N5. The smallest absolute Gasteiger partial charge is 0.132 e. The molecule has 66 valence electrons. The average molecular weight is 175 g/mol. The number of nitrogens with zero attached hydrogens (tertiary/aromatic N) is 5. The van der Waals surface area contributed by atoms with Gasteiger partial charge < -0.3 is 0 Å². The van der Waals surface area contributed by atoms with Crippen LogP contribution in [0.3, 0.4) is 0 Å². The van der Waals surface area contributed by atoms with E-state index in [1.54, 1.807) is 23.3 Å². The van der Waals surface area contributed by atoms with Crippen LogP contribution < -0.4 is 0 Å². The number of aromatic nitrogens is 5. The number of hydrogen-bond donors (Lipinski definition) is 0. The SMILES string of the molecule is CCn1cc(-c2cnccn2)nn1. The van der Waals surface area contributed by atoms with E-state index in [-0.39, 0.29) is 0 Å². The molecule has 2 aromatic heterocycles. The molecule has 2 heterocycles. The van der Waals surface area contributed by atoms with E-state index >= 15 is 0 Å². The molecule has 0 unspecified atom stereocenters. The predicted molar refractivity (Wildman–Crippen MR) is 46.7 cm³/mol. The van der Waals surface area contributed by atoms with E-state index in [0.717, 1.165) is 17.9 Å². The van der Waals surface area contributed by atoms with Crippen molar-refractivity contribution in [1.29, 1.82) is 0 Å². The number of hydrogen-bond acceptors (Lipinski definition) is 4. The third-order valence-corrected chi connectivity index (χ3v) is 1.69. The Labute approximate surface area is 75.5 Å². The summed E-state index contributed by atoms with van der Waals surface area (Å²) in [7, 11) is 0. The third kappa shape index (κ3) is 1.53. The van der Waals surface area contributed by atoms with Crippen molar-refractivity contribution in [2.75, 3.05) is 0 Å². The van der Waals surface area contributed by atoms with Gasteiger partial charge in [0.1, 0.15) is 11.4 Å². The molecule has 0 fully saturated rings. The van der Waals surface area contributed by atoms with Gasteiger partial charge in [-0.15, -0.1) is 5.10 Å². The van der Waals surface area contributed by atoms with Gasteiger partial charge in [-0.2, -0.15) is 0 Å². The van der Waals surface area contributed by atoms with Gasteiger partial charge in [0.2, 0.25) is 0 Å².